The summed E-state index contributed by atoms with van der Waals surface area (Å²) < 4.78 is 11.2. The van der Waals surface area contributed by atoms with Gasteiger partial charge in [-0.1, -0.05) is 6.42 Å². The Hall–Kier alpha value is 0.0700. The van der Waals surface area contributed by atoms with Crippen LogP contribution in [-0.4, -0.2) is 64.3 Å². The van der Waals surface area contributed by atoms with E-state index in [2.05, 4.69) is 16.7 Å². The van der Waals surface area contributed by atoms with E-state index in [0.717, 1.165) is 18.2 Å². The fraction of sp³-hybridized carbons (Fsp3) is 1.00. The molecule has 2 saturated heterocycles. The Morgan fingerprint density at radius 3 is 2.78 bits per heavy atom. The number of fused-ring (bicyclic) bond motifs is 1. The highest BCUT2D eigenvalue weighted by atomic mass is 32.2. The number of hydrogen-bond donors (Lipinski definition) is 0. The molecule has 0 N–H and O–H groups in total. The average molecular weight is 272 g/mol. The zero-order valence-corrected chi connectivity index (χ0v) is 12.8. The summed E-state index contributed by atoms with van der Waals surface area (Å²) in [5.41, 5.74) is 0. The Bertz CT molecular complexity index is 285. The van der Waals surface area contributed by atoms with Crippen molar-refractivity contribution in [2.45, 2.75) is 51.1 Å². The summed E-state index contributed by atoms with van der Waals surface area (Å²) in [5.74, 6) is 0.853. The third-order valence-electron chi connectivity index (χ3n) is 4.53. The standard InChI is InChI=1S/C14H28N2OS/c1-13(7-11-18(2)17)16-10-5-9-15-8-4-3-6-14(15)12-16/h13-14H,3-12H2,1-2H3. The van der Waals surface area contributed by atoms with Gasteiger partial charge in [-0.3, -0.25) is 14.0 Å². The van der Waals surface area contributed by atoms with E-state index < -0.39 is 10.8 Å². The second-order valence-electron chi connectivity index (χ2n) is 5.95. The first-order valence-corrected chi connectivity index (χ1v) is 9.17. The van der Waals surface area contributed by atoms with Crippen LogP contribution in [-0.2, 0) is 10.8 Å². The van der Waals surface area contributed by atoms with Gasteiger partial charge in [-0.25, -0.2) is 0 Å². The summed E-state index contributed by atoms with van der Waals surface area (Å²) in [6.45, 7) is 7.37. The summed E-state index contributed by atoms with van der Waals surface area (Å²) in [6, 6.07) is 1.38. The van der Waals surface area contributed by atoms with Crippen LogP contribution in [0.5, 0.6) is 0 Å². The van der Waals surface area contributed by atoms with E-state index in [9.17, 15) is 4.21 Å². The van der Waals surface area contributed by atoms with Crippen LogP contribution >= 0.6 is 0 Å². The Morgan fingerprint density at radius 2 is 2.00 bits per heavy atom. The molecule has 0 aliphatic carbocycles. The second-order valence-corrected chi connectivity index (χ2v) is 7.50. The van der Waals surface area contributed by atoms with E-state index in [0.29, 0.717) is 6.04 Å². The molecular weight excluding hydrogens is 244 g/mol. The van der Waals surface area contributed by atoms with Gasteiger partial charge >= 0.3 is 0 Å². The molecule has 0 aromatic heterocycles. The van der Waals surface area contributed by atoms with E-state index in [1.54, 1.807) is 0 Å². The van der Waals surface area contributed by atoms with Crippen molar-refractivity contribution < 1.29 is 4.21 Å². The molecule has 2 aliphatic rings. The monoisotopic (exact) mass is 272 g/mol. The van der Waals surface area contributed by atoms with Gasteiger partial charge in [0.2, 0.25) is 0 Å². The van der Waals surface area contributed by atoms with Gasteiger partial charge in [-0.15, -0.1) is 0 Å². The molecule has 0 saturated carbocycles. The maximum atomic E-state index is 11.2. The highest BCUT2D eigenvalue weighted by Crippen LogP contribution is 2.22. The fourth-order valence-electron chi connectivity index (χ4n) is 3.32. The SMILES string of the molecule is CC(CCS(C)=O)N1CCCN2CCCCC2C1. The molecule has 18 heavy (non-hydrogen) atoms. The first kappa shape index (κ1) is 14.5. The lowest BCUT2D eigenvalue weighted by atomic mass is 10.0. The van der Waals surface area contributed by atoms with Crippen LogP contribution in [0, 0.1) is 0 Å². The van der Waals surface area contributed by atoms with Gasteiger partial charge in [0.15, 0.2) is 0 Å². The highest BCUT2D eigenvalue weighted by molar-refractivity contribution is 7.84. The molecular formula is C14H28N2OS. The lowest BCUT2D eigenvalue weighted by Crippen LogP contribution is -2.46. The van der Waals surface area contributed by atoms with Crippen LogP contribution in [0.2, 0.25) is 0 Å². The third kappa shape index (κ3) is 4.04. The van der Waals surface area contributed by atoms with Crippen molar-refractivity contribution in [1.82, 2.24) is 9.80 Å². The Kier molecular flexibility index (Phi) is 5.64. The van der Waals surface area contributed by atoms with E-state index in [1.807, 2.05) is 6.26 Å². The molecule has 0 aromatic rings. The topological polar surface area (TPSA) is 23.6 Å². The van der Waals surface area contributed by atoms with Crippen LogP contribution in [0.4, 0.5) is 0 Å². The molecule has 3 unspecified atom stereocenters. The number of hydrogen-bond acceptors (Lipinski definition) is 3. The predicted octanol–water partition coefficient (Wildman–Crippen LogP) is 1.70. The maximum Gasteiger partial charge on any atom is 0.0246 e. The zero-order valence-electron chi connectivity index (χ0n) is 11.9. The first-order valence-electron chi connectivity index (χ1n) is 7.45. The van der Waals surface area contributed by atoms with Crippen molar-refractivity contribution in [3.63, 3.8) is 0 Å². The van der Waals surface area contributed by atoms with Crippen molar-refractivity contribution in [3.8, 4) is 0 Å². The minimum absolute atomic E-state index is 0.593. The smallest absolute Gasteiger partial charge is 0.0246 e. The Labute approximate surface area is 114 Å². The molecule has 0 bridgehead atoms. The average Bonchev–Trinajstić information content (AvgIpc) is 2.57. The van der Waals surface area contributed by atoms with Crippen molar-refractivity contribution in [2.75, 3.05) is 38.2 Å². The maximum absolute atomic E-state index is 11.2. The second kappa shape index (κ2) is 7.01. The van der Waals surface area contributed by atoms with Crippen LogP contribution in [0.25, 0.3) is 0 Å². The molecule has 2 aliphatic heterocycles. The van der Waals surface area contributed by atoms with Gasteiger partial charge in [-0.05, 0) is 52.2 Å². The Morgan fingerprint density at radius 1 is 1.22 bits per heavy atom. The van der Waals surface area contributed by atoms with E-state index >= 15 is 0 Å². The number of rotatable bonds is 4. The van der Waals surface area contributed by atoms with Gasteiger partial charge in [0.1, 0.15) is 0 Å². The van der Waals surface area contributed by atoms with Crippen LogP contribution in [0.1, 0.15) is 39.0 Å². The van der Waals surface area contributed by atoms with Crippen LogP contribution in [0.15, 0.2) is 0 Å². The fourth-order valence-corrected chi connectivity index (χ4v) is 3.99. The molecule has 2 fully saturated rings. The lowest BCUT2D eigenvalue weighted by molar-refractivity contribution is 0.122. The highest BCUT2D eigenvalue weighted by Gasteiger charge is 2.28. The molecule has 3 nitrogen and oxygen atoms in total. The largest absolute Gasteiger partial charge is 0.299 e. The van der Waals surface area contributed by atoms with E-state index in [-0.39, 0.29) is 0 Å². The van der Waals surface area contributed by atoms with Gasteiger partial charge in [0.25, 0.3) is 0 Å². The molecule has 0 spiro atoms. The molecule has 0 amide bonds. The van der Waals surface area contributed by atoms with Gasteiger partial charge in [0, 0.05) is 41.4 Å². The molecule has 3 atom stereocenters. The first-order chi connectivity index (χ1) is 8.66. The van der Waals surface area contributed by atoms with E-state index in [4.69, 9.17) is 0 Å². The minimum atomic E-state index is -0.640. The van der Waals surface area contributed by atoms with E-state index in [1.165, 1.54) is 51.9 Å². The van der Waals surface area contributed by atoms with Crippen molar-refractivity contribution in [2.24, 2.45) is 0 Å². The normalized spacial score (nSPS) is 30.4. The van der Waals surface area contributed by atoms with Gasteiger partial charge in [-0.2, -0.15) is 0 Å². The van der Waals surface area contributed by atoms with Gasteiger partial charge < -0.3 is 0 Å². The zero-order chi connectivity index (χ0) is 13.0. The summed E-state index contributed by atoms with van der Waals surface area (Å²) >= 11 is 0. The lowest BCUT2D eigenvalue weighted by Gasteiger charge is -2.37. The molecule has 4 heteroatoms. The molecule has 2 heterocycles. The van der Waals surface area contributed by atoms with Crippen molar-refractivity contribution in [1.29, 1.82) is 0 Å². The molecule has 106 valence electrons. The number of piperidine rings is 1. The molecule has 0 radical (unpaired) electrons. The predicted molar refractivity (Wildman–Crippen MR) is 78.4 cm³/mol. The summed E-state index contributed by atoms with van der Waals surface area (Å²) in [7, 11) is -0.640. The van der Waals surface area contributed by atoms with Gasteiger partial charge in [0.05, 0.1) is 0 Å². The summed E-state index contributed by atoms with van der Waals surface area (Å²) in [6.07, 6.45) is 8.37. The van der Waals surface area contributed by atoms with Crippen molar-refractivity contribution in [3.05, 3.63) is 0 Å². The van der Waals surface area contributed by atoms with Crippen molar-refractivity contribution >= 4 is 10.8 Å². The quantitative estimate of drug-likeness (QED) is 0.778. The Balaban J connectivity index is 1.86. The number of nitrogens with zero attached hydrogens (tertiary/aromatic N) is 2. The van der Waals surface area contributed by atoms with Crippen LogP contribution < -0.4 is 0 Å². The molecule has 2 rings (SSSR count). The molecule has 0 aromatic carbocycles. The summed E-state index contributed by atoms with van der Waals surface area (Å²) in [4.78, 5) is 5.34. The van der Waals surface area contributed by atoms with Crippen LogP contribution in [0.3, 0.4) is 0 Å². The third-order valence-corrected chi connectivity index (χ3v) is 5.34. The summed E-state index contributed by atoms with van der Waals surface area (Å²) in [5, 5.41) is 0. The minimum Gasteiger partial charge on any atom is -0.299 e.